The topological polar surface area (TPSA) is 42.2 Å². The zero-order valence-electron chi connectivity index (χ0n) is 5.51. The summed E-state index contributed by atoms with van der Waals surface area (Å²) in [6, 6.07) is 0.766. The van der Waals surface area contributed by atoms with Crippen LogP contribution in [0.2, 0.25) is 0 Å². The highest BCUT2D eigenvalue weighted by molar-refractivity contribution is 4.94. The predicted octanol–water partition coefficient (Wildman–Crippen LogP) is 0.119. The summed E-state index contributed by atoms with van der Waals surface area (Å²) in [6.45, 7) is 1.19. The summed E-state index contributed by atoms with van der Waals surface area (Å²) in [7, 11) is 0. The van der Waals surface area contributed by atoms with Crippen LogP contribution in [0.25, 0.3) is 0 Å². The van der Waals surface area contributed by atoms with Crippen LogP contribution in [0.3, 0.4) is 0 Å². The summed E-state index contributed by atoms with van der Waals surface area (Å²) in [5.41, 5.74) is 0. The second-order valence-electron chi connectivity index (χ2n) is 3.24. The van der Waals surface area contributed by atoms with Crippen LogP contribution in [0.5, 0.6) is 0 Å². The van der Waals surface area contributed by atoms with Crippen LogP contribution in [0.1, 0.15) is 19.3 Å². The molecule has 0 bridgehead atoms. The Bertz CT molecular complexity index is 111. The number of rotatable bonds is 1. The molecule has 0 aromatic carbocycles. The van der Waals surface area contributed by atoms with E-state index in [9.17, 15) is 0 Å². The molecule has 2 fully saturated rings. The van der Waals surface area contributed by atoms with Crippen LogP contribution < -0.4 is 5.32 Å². The number of aliphatic hydroxyl groups excluding tert-OH is 1. The minimum absolute atomic E-state index is 0.0115. The first-order valence-corrected chi connectivity index (χ1v) is 3.78. The minimum Gasteiger partial charge on any atom is -0.393 e. The molecule has 2 aliphatic rings. The molecule has 9 heavy (non-hydrogen) atoms. The quantitative estimate of drug-likeness (QED) is 0.491. The van der Waals surface area contributed by atoms with Crippen LogP contribution in [-0.2, 0) is 0 Å². The van der Waals surface area contributed by atoms with E-state index in [0.717, 1.165) is 24.8 Å². The van der Waals surface area contributed by atoms with Gasteiger partial charge in [-0.15, -0.1) is 0 Å². The summed E-state index contributed by atoms with van der Waals surface area (Å²) < 4.78 is 0. The Morgan fingerprint density at radius 1 is 1.33 bits per heavy atom. The lowest BCUT2D eigenvalue weighted by molar-refractivity contribution is 0.177. The summed E-state index contributed by atoms with van der Waals surface area (Å²) in [6.07, 6.45) is 3.32. The Labute approximate surface area is 55.3 Å². The molecular formula is C7H13NO. The lowest BCUT2D eigenvalue weighted by atomic mass is 10.0. The van der Waals surface area contributed by atoms with Crippen LogP contribution in [0.15, 0.2) is 0 Å². The molecule has 1 heterocycles. The fourth-order valence-electron chi connectivity index (χ4n) is 1.76. The van der Waals surface area contributed by atoms with Crippen molar-refractivity contribution in [2.45, 2.75) is 31.4 Å². The van der Waals surface area contributed by atoms with Crippen molar-refractivity contribution in [3.8, 4) is 0 Å². The van der Waals surface area contributed by atoms with Crippen molar-refractivity contribution in [3.05, 3.63) is 0 Å². The number of aliphatic hydroxyl groups is 1. The molecule has 2 rings (SSSR count). The van der Waals surface area contributed by atoms with Crippen LogP contribution in [0, 0.1) is 5.92 Å². The monoisotopic (exact) mass is 127 g/mol. The van der Waals surface area contributed by atoms with Gasteiger partial charge in [-0.1, -0.05) is 0 Å². The maximum Gasteiger partial charge on any atom is 0.0543 e. The van der Waals surface area contributed by atoms with Crippen molar-refractivity contribution in [2.24, 2.45) is 5.92 Å². The van der Waals surface area contributed by atoms with E-state index < -0.39 is 0 Å². The Hall–Kier alpha value is -0.0800. The molecule has 3 atom stereocenters. The molecule has 0 aromatic heterocycles. The molecule has 1 saturated heterocycles. The average molecular weight is 127 g/mol. The van der Waals surface area contributed by atoms with Gasteiger partial charge in [-0.2, -0.15) is 0 Å². The first-order chi connectivity index (χ1) is 4.36. The maximum atomic E-state index is 9.15. The Morgan fingerprint density at radius 3 is 2.56 bits per heavy atom. The average Bonchev–Trinajstić information content (AvgIpc) is 2.58. The first kappa shape index (κ1) is 5.69. The summed E-state index contributed by atoms with van der Waals surface area (Å²) in [5.74, 6) is 0.792. The van der Waals surface area contributed by atoms with E-state index in [1.54, 1.807) is 0 Å². The zero-order valence-corrected chi connectivity index (χ0v) is 5.51. The van der Waals surface area contributed by atoms with Crippen molar-refractivity contribution in [3.63, 3.8) is 0 Å². The van der Waals surface area contributed by atoms with Gasteiger partial charge in [0.25, 0.3) is 0 Å². The van der Waals surface area contributed by atoms with E-state index in [-0.39, 0.29) is 6.10 Å². The summed E-state index contributed by atoms with van der Waals surface area (Å²) in [5, 5.41) is 12.4. The third-order valence-electron chi connectivity index (χ3n) is 2.45. The first-order valence-electron chi connectivity index (χ1n) is 3.78. The standard InChI is InChI=1S/C7H13NO/c9-6-2-1-5(3-6)7-4-8-7/h5-9H,1-4H2/t5?,6-,7?/m0/s1. The van der Waals surface area contributed by atoms with Gasteiger partial charge < -0.3 is 10.4 Å². The molecule has 2 unspecified atom stereocenters. The van der Waals surface area contributed by atoms with Gasteiger partial charge in [0.05, 0.1) is 6.10 Å². The summed E-state index contributed by atoms with van der Waals surface area (Å²) >= 11 is 0. The van der Waals surface area contributed by atoms with Crippen molar-refractivity contribution in [1.29, 1.82) is 0 Å². The van der Waals surface area contributed by atoms with E-state index >= 15 is 0 Å². The van der Waals surface area contributed by atoms with Crippen LogP contribution in [-0.4, -0.2) is 23.8 Å². The third kappa shape index (κ3) is 1.10. The van der Waals surface area contributed by atoms with Gasteiger partial charge in [0.15, 0.2) is 0 Å². The fourth-order valence-corrected chi connectivity index (χ4v) is 1.76. The normalized spacial score (nSPS) is 49.7. The highest BCUT2D eigenvalue weighted by Crippen LogP contribution is 2.31. The van der Waals surface area contributed by atoms with Gasteiger partial charge >= 0.3 is 0 Å². The van der Waals surface area contributed by atoms with Crippen LogP contribution >= 0.6 is 0 Å². The third-order valence-corrected chi connectivity index (χ3v) is 2.45. The Morgan fingerprint density at radius 2 is 2.11 bits per heavy atom. The van der Waals surface area contributed by atoms with Crippen LogP contribution in [0.4, 0.5) is 0 Å². The molecule has 1 aliphatic carbocycles. The van der Waals surface area contributed by atoms with E-state index in [1.165, 1.54) is 13.0 Å². The smallest absolute Gasteiger partial charge is 0.0543 e. The lowest BCUT2D eigenvalue weighted by Gasteiger charge is -2.03. The molecule has 52 valence electrons. The summed E-state index contributed by atoms with van der Waals surface area (Å²) in [4.78, 5) is 0. The van der Waals surface area contributed by atoms with Gasteiger partial charge in [-0.3, -0.25) is 0 Å². The SMILES string of the molecule is O[C@H]1CCC(C2CN2)C1. The predicted molar refractivity (Wildman–Crippen MR) is 35.1 cm³/mol. The Kier molecular flexibility index (Phi) is 1.24. The second kappa shape index (κ2) is 1.96. The Balaban J connectivity index is 1.86. The van der Waals surface area contributed by atoms with Crippen molar-refractivity contribution in [1.82, 2.24) is 5.32 Å². The number of nitrogens with one attached hydrogen (secondary N) is 1. The van der Waals surface area contributed by atoms with Crippen molar-refractivity contribution < 1.29 is 5.11 Å². The fraction of sp³-hybridized carbons (Fsp3) is 1.00. The van der Waals surface area contributed by atoms with Crippen molar-refractivity contribution >= 4 is 0 Å². The second-order valence-corrected chi connectivity index (χ2v) is 3.24. The van der Waals surface area contributed by atoms with Gasteiger partial charge in [0.2, 0.25) is 0 Å². The lowest BCUT2D eigenvalue weighted by Crippen LogP contribution is -2.07. The molecule has 0 amide bonds. The van der Waals surface area contributed by atoms with E-state index in [4.69, 9.17) is 5.11 Å². The number of hydrogen-bond donors (Lipinski definition) is 2. The molecule has 0 radical (unpaired) electrons. The number of hydrogen-bond acceptors (Lipinski definition) is 2. The zero-order chi connectivity index (χ0) is 6.27. The molecule has 1 saturated carbocycles. The highest BCUT2D eigenvalue weighted by Gasteiger charge is 2.35. The molecule has 0 spiro atoms. The van der Waals surface area contributed by atoms with Gasteiger partial charge in [-0.05, 0) is 25.2 Å². The molecular weight excluding hydrogens is 114 g/mol. The molecule has 0 aromatic rings. The molecule has 2 heteroatoms. The molecule has 1 aliphatic heterocycles. The molecule has 2 nitrogen and oxygen atoms in total. The largest absolute Gasteiger partial charge is 0.393 e. The van der Waals surface area contributed by atoms with E-state index in [0.29, 0.717) is 0 Å². The van der Waals surface area contributed by atoms with Gasteiger partial charge in [0.1, 0.15) is 0 Å². The van der Waals surface area contributed by atoms with Gasteiger partial charge in [-0.25, -0.2) is 0 Å². The maximum absolute atomic E-state index is 9.15. The highest BCUT2D eigenvalue weighted by atomic mass is 16.3. The van der Waals surface area contributed by atoms with Crippen molar-refractivity contribution in [2.75, 3.05) is 6.54 Å². The minimum atomic E-state index is 0.0115. The van der Waals surface area contributed by atoms with E-state index in [2.05, 4.69) is 5.32 Å². The van der Waals surface area contributed by atoms with E-state index in [1.807, 2.05) is 0 Å². The molecule has 2 N–H and O–H groups in total. The van der Waals surface area contributed by atoms with Gasteiger partial charge in [0, 0.05) is 12.6 Å².